The van der Waals surface area contributed by atoms with Crippen molar-refractivity contribution in [1.29, 1.82) is 0 Å². The van der Waals surface area contributed by atoms with Gasteiger partial charge in [0.2, 0.25) is 0 Å². The Bertz CT molecular complexity index is 584. The van der Waals surface area contributed by atoms with Gasteiger partial charge in [-0.3, -0.25) is 4.79 Å². The number of aliphatic carboxylic acids is 4. The van der Waals surface area contributed by atoms with Crippen LogP contribution >= 0.6 is 0 Å². The first-order chi connectivity index (χ1) is 13.2. The standard InChI is InChI=1S/C12H21N3O7.C2HF3O2/c13-6-2-1-3-7(10(18)19)14-12(22)15-8(11(20)21)4-5-9(16)17;3-2(4,5)1(6)7/h7-8H,1-6,13H2,(H,16,17)(H,18,19)(H,20,21)(H2,14,15,22);(H,6,7). The van der Waals surface area contributed by atoms with E-state index < -0.39 is 54.6 Å². The van der Waals surface area contributed by atoms with Crippen molar-refractivity contribution in [3.05, 3.63) is 0 Å². The summed E-state index contributed by atoms with van der Waals surface area (Å²) < 4.78 is 31.7. The number of nitrogens with one attached hydrogen (secondary N) is 2. The highest BCUT2D eigenvalue weighted by atomic mass is 19.4. The van der Waals surface area contributed by atoms with E-state index in [0.717, 1.165) is 0 Å². The quantitative estimate of drug-likeness (QED) is 0.213. The SMILES string of the molecule is NCCCCC(NC(=O)NC(CCC(=O)O)C(=O)O)C(=O)O.O=C(O)C(F)(F)F. The first kappa shape index (κ1) is 28.1. The summed E-state index contributed by atoms with van der Waals surface area (Å²) >= 11 is 0. The zero-order chi connectivity index (χ0) is 23.2. The molecule has 2 unspecified atom stereocenters. The Kier molecular flexibility index (Phi) is 13.5. The van der Waals surface area contributed by atoms with Crippen LogP contribution in [-0.2, 0) is 19.2 Å². The fourth-order valence-electron chi connectivity index (χ4n) is 1.63. The number of hydrogen-bond acceptors (Lipinski definition) is 6. The maximum Gasteiger partial charge on any atom is 0.490 e. The molecule has 0 aromatic heterocycles. The van der Waals surface area contributed by atoms with Gasteiger partial charge in [0.05, 0.1) is 0 Å². The number of rotatable bonds is 11. The molecule has 0 bridgehead atoms. The van der Waals surface area contributed by atoms with Crippen molar-refractivity contribution in [3.63, 3.8) is 0 Å². The molecule has 15 heteroatoms. The van der Waals surface area contributed by atoms with E-state index in [0.29, 0.717) is 19.4 Å². The Morgan fingerprint density at radius 1 is 0.828 bits per heavy atom. The molecule has 8 N–H and O–H groups in total. The summed E-state index contributed by atoms with van der Waals surface area (Å²) in [6.45, 7) is 0.398. The Morgan fingerprint density at radius 3 is 1.55 bits per heavy atom. The summed E-state index contributed by atoms with van der Waals surface area (Å²) in [4.78, 5) is 52.9. The largest absolute Gasteiger partial charge is 0.490 e. The molecule has 0 fully saturated rings. The van der Waals surface area contributed by atoms with Gasteiger partial charge in [-0.25, -0.2) is 19.2 Å². The van der Waals surface area contributed by atoms with Crippen molar-refractivity contribution in [2.45, 2.75) is 50.4 Å². The highest BCUT2D eigenvalue weighted by molar-refractivity contribution is 5.86. The summed E-state index contributed by atoms with van der Waals surface area (Å²) in [5, 5.41) is 37.7. The normalized spacial score (nSPS) is 12.6. The van der Waals surface area contributed by atoms with Gasteiger partial charge in [-0.05, 0) is 32.2 Å². The van der Waals surface area contributed by atoms with Crippen LogP contribution in [0, 0.1) is 0 Å². The van der Waals surface area contributed by atoms with Crippen molar-refractivity contribution in [2.75, 3.05) is 6.54 Å². The van der Waals surface area contributed by atoms with E-state index in [4.69, 9.17) is 31.0 Å². The maximum absolute atomic E-state index is 11.6. The lowest BCUT2D eigenvalue weighted by Crippen LogP contribution is -2.51. The first-order valence-electron chi connectivity index (χ1n) is 7.96. The van der Waals surface area contributed by atoms with Crippen molar-refractivity contribution in [2.24, 2.45) is 5.73 Å². The molecule has 2 atom stereocenters. The molecule has 0 aliphatic rings. The van der Waals surface area contributed by atoms with Gasteiger partial charge in [0.1, 0.15) is 12.1 Å². The van der Waals surface area contributed by atoms with Gasteiger partial charge in [-0.2, -0.15) is 13.2 Å². The van der Waals surface area contributed by atoms with Crippen molar-refractivity contribution in [3.8, 4) is 0 Å². The number of nitrogens with two attached hydrogens (primary N) is 1. The van der Waals surface area contributed by atoms with Gasteiger partial charge in [0.15, 0.2) is 0 Å². The molecule has 0 aliphatic heterocycles. The molecular weight excluding hydrogens is 411 g/mol. The highest BCUT2D eigenvalue weighted by Gasteiger charge is 2.38. The molecule has 29 heavy (non-hydrogen) atoms. The second kappa shape index (κ2) is 14.0. The average molecular weight is 433 g/mol. The Labute approximate surface area is 161 Å². The van der Waals surface area contributed by atoms with Gasteiger partial charge in [0, 0.05) is 6.42 Å². The van der Waals surface area contributed by atoms with E-state index in [9.17, 15) is 32.3 Å². The summed E-state index contributed by atoms with van der Waals surface area (Å²) in [6.07, 6.45) is -4.56. The molecule has 0 aliphatic carbocycles. The molecule has 0 radical (unpaired) electrons. The number of carbonyl (C=O) groups is 5. The third-order valence-corrected chi connectivity index (χ3v) is 3.04. The van der Waals surface area contributed by atoms with Crippen LogP contribution in [0.15, 0.2) is 0 Å². The minimum Gasteiger partial charge on any atom is -0.481 e. The zero-order valence-corrected chi connectivity index (χ0v) is 14.9. The van der Waals surface area contributed by atoms with Crippen molar-refractivity contribution < 1.29 is 57.6 Å². The zero-order valence-electron chi connectivity index (χ0n) is 14.9. The van der Waals surface area contributed by atoms with E-state index >= 15 is 0 Å². The third kappa shape index (κ3) is 15.6. The van der Waals surface area contributed by atoms with Crippen LogP contribution in [0.5, 0.6) is 0 Å². The summed E-state index contributed by atoms with van der Waals surface area (Å²) in [7, 11) is 0. The number of unbranched alkanes of at least 4 members (excludes halogenated alkanes) is 1. The number of hydrogen-bond donors (Lipinski definition) is 7. The molecule has 12 nitrogen and oxygen atoms in total. The van der Waals surface area contributed by atoms with Crippen LogP contribution in [-0.4, -0.2) is 75.1 Å². The predicted octanol–water partition coefficient (Wildman–Crippen LogP) is -0.181. The van der Waals surface area contributed by atoms with Crippen LogP contribution in [0.3, 0.4) is 0 Å². The number of amides is 2. The molecule has 0 spiro atoms. The second-order valence-electron chi connectivity index (χ2n) is 5.42. The molecule has 0 saturated carbocycles. The number of carboxylic acid groups (broad SMARTS) is 4. The van der Waals surface area contributed by atoms with Gasteiger partial charge in [-0.1, -0.05) is 0 Å². The second-order valence-corrected chi connectivity index (χ2v) is 5.42. The minimum atomic E-state index is -5.08. The predicted molar refractivity (Wildman–Crippen MR) is 88.0 cm³/mol. The summed E-state index contributed by atoms with van der Waals surface area (Å²) in [6, 6.07) is -3.55. The van der Waals surface area contributed by atoms with E-state index in [-0.39, 0.29) is 12.8 Å². The lowest BCUT2D eigenvalue weighted by Gasteiger charge is -2.18. The van der Waals surface area contributed by atoms with Crippen molar-refractivity contribution >= 4 is 29.9 Å². The Hall–Kier alpha value is -3.10. The number of halogens is 3. The summed E-state index contributed by atoms with van der Waals surface area (Å²) in [5.41, 5.74) is 5.29. The molecule has 0 heterocycles. The summed E-state index contributed by atoms with van der Waals surface area (Å²) in [5.74, 6) is -6.60. The molecule has 168 valence electrons. The Morgan fingerprint density at radius 2 is 1.24 bits per heavy atom. The highest BCUT2D eigenvalue weighted by Crippen LogP contribution is 2.13. The molecule has 0 rings (SSSR count). The van der Waals surface area contributed by atoms with E-state index in [1.165, 1.54) is 0 Å². The number of alkyl halides is 3. The lowest BCUT2D eigenvalue weighted by molar-refractivity contribution is -0.192. The van der Waals surface area contributed by atoms with Gasteiger partial charge in [-0.15, -0.1) is 0 Å². The number of carbonyl (C=O) groups excluding carboxylic acids is 1. The first-order valence-corrected chi connectivity index (χ1v) is 7.96. The number of urea groups is 1. The van der Waals surface area contributed by atoms with Crippen LogP contribution < -0.4 is 16.4 Å². The van der Waals surface area contributed by atoms with Crippen molar-refractivity contribution in [1.82, 2.24) is 10.6 Å². The minimum absolute atomic E-state index is 0.160. The van der Waals surface area contributed by atoms with Crippen LogP contribution in [0.2, 0.25) is 0 Å². The fraction of sp³-hybridized carbons (Fsp3) is 0.643. The van der Waals surface area contributed by atoms with Gasteiger partial charge < -0.3 is 36.8 Å². The van der Waals surface area contributed by atoms with Gasteiger partial charge >= 0.3 is 36.1 Å². The Balaban J connectivity index is 0. The fourth-order valence-corrected chi connectivity index (χ4v) is 1.63. The average Bonchev–Trinajstić information content (AvgIpc) is 2.56. The van der Waals surface area contributed by atoms with Crippen LogP contribution in [0.25, 0.3) is 0 Å². The van der Waals surface area contributed by atoms with Crippen LogP contribution in [0.4, 0.5) is 18.0 Å². The molecule has 0 aromatic carbocycles. The lowest BCUT2D eigenvalue weighted by atomic mass is 10.1. The topological polar surface area (TPSA) is 216 Å². The smallest absolute Gasteiger partial charge is 0.481 e. The molecule has 2 amide bonds. The maximum atomic E-state index is 11.6. The molecule has 0 saturated heterocycles. The van der Waals surface area contributed by atoms with Crippen LogP contribution in [0.1, 0.15) is 32.1 Å². The molecule has 0 aromatic rings. The molecular formula is C14H22F3N3O9. The number of carboxylic acids is 4. The van der Waals surface area contributed by atoms with E-state index in [1.54, 1.807) is 0 Å². The van der Waals surface area contributed by atoms with E-state index in [1.807, 2.05) is 5.32 Å². The van der Waals surface area contributed by atoms with E-state index in [2.05, 4.69) is 5.32 Å². The monoisotopic (exact) mass is 433 g/mol. The third-order valence-electron chi connectivity index (χ3n) is 3.04. The van der Waals surface area contributed by atoms with Gasteiger partial charge in [0.25, 0.3) is 0 Å².